The summed E-state index contributed by atoms with van der Waals surface area (Å²) < 4.78 is 18.8. The number of hydrogen-bond donors (Lipinski definition) is 1. The molecule has 2 aromatic rings. The Morgan fingerprint density at radius 2 is 2.05 bits per heavy atom. The molecule has 6 heteroatoms. The molecule has 3 nitrogen and oxygen atoms in total. The fourth-order valence-corrected chi connectivity index (χ4v) is 2.59. The Labute approximate surface area is 130 Å². The van der Waals surface area contributed by atoms with Crippen molar-refractivity contribution in [3.63, 3.8) is 0 Å². The zero-order valence-corrected chi connectivity index (χ0v) is 12.5. The van der Waals surface area contributed by atoms with Gasteiger partial charge in [-0.25, -0.2) is 9.18 Å². The number of benzene rings is 2. The van der Waals surface area contributed by atoms with Crippen LogP contribution in [0.15, 0.2) is 47.4 Å². The van der Waals surface area contributed by atoms with Crippen molar-refractivity contribution in [2.75, 3.05) is 12.4 Å². The molecule has 21 heavy (non-hydrogen) atoms. The topological polar surface area (TPSA) is 46.5 Å². The van der Waals surface area contributed by atoms with E-state index in [1.54, 1.807) is 18.2 Å². The van der Waals surface area contributed by atoms with E-state index in [0.717, 1.165) is 0 Å². The minimum atomic E-state index is -1.08. The Kier molecular flexibility index (Phi) is 5.47. The average molecular weight is 327 g/mol. The van der Waals surface area contributed by atoms with Crippen LogP contribution in [0.1, 0.15) is 10.4 Å². The van der Waals surface area contributed by atoms with Crippen LogP contribution in [0.3, 0.4) is 0 Å². The molecule has 0 saturated heterocycles. The molecule has 2 aromatic carbocycles. The normalized spacial score (nSPS) is 10.4. The Balaban J connectivity index is 1.93. The van der Waals surface area contributed by atoms with Crippen molar-refractivity contribution in [3.05, 3.63) is 58.9 Å². The van der Waals surface area contributed by atoms with Crippen LogP contribution < -0.4 is 4.74 Å². The minimum Gasteiger partial charge on any atom is -0.492 e. The van der Waals surface area contributed by atoms with Gasteiger partial charge in [0.05, 0.1) is 6.61 Å². The minimum absolute atomic E-state index is 0.0512. The summed E-state index contributed by atoms with van der Waals surface area (Å²) in [5.74, 6) is -0.656. The summed E-state index contributed by atoms with van der Waals surface area (Å²) in [7, 11) is 0. The number of hydrogen-bond acceptors (Lipinski definition) is 3. The van der Waals surface area contributed by atoms with Crippen molar-refractivity contribution in [2.45, 2.75) is 4.90 Å². The Morgan fingerprint density at radius 3 is 2.76 bits per heavy atom. The van der Waals surface area contributed by atoms with E-state index in [2.05, 4.69) is 0 Å². The maximum absolute atomic E-state index is 13.4. The molecular weight excluding hydrogens is 315 g/mol. The number of carboxylic acid groups (broad SMARTS) is 1. The van der Waals surface area contributed by atoms with Gasteiger partial charge in [-0.15, -0.1) is 11.8 Å². The molecule has 1 N–H and O–H groups in total. The van der Waals surface area contributed by atoms with Crippen LogP contribution in [-0.2, 0) is 0 Å². The second-order valence-electron chi connectivity index (χ2n) is 4.07. The Hall–Kier alpha value is -1.72. The van der Waals surface area contributed by atoms with Gasteiger partial charge in [0.15, 0.2) is 0 Å². The predicted molar refractivity (Wildman–Crippen MR) is 81.0 cm³/mol. The summed E-state index contributed by atoms with van der Waals surface area (Å²) in [4.78, 5) is 11.6. The predicted octanol–water partition coefficient (Wildman–Crippen LogP) is 4.35. The van der Waals surface area contributed by atoms with Gasteiger partial charge < -0.3 is 9.84 Å². The van der Waals surface area contributed by atoms with E-state index in [1.807, 2.05) is 0 Å². The molecule has 0 aliphatic heterocycles. The van der Waals surface area contributed by atoms with Crippen molar-refractivity contribution in [1.29, 1.82) is 0 Å². The van der Waals surface area contributed by atoms with Gasteiger partial charge in [-0.05, 0) is 30.3 Å². The highest BCUT2D eigenvalue weighted by molar-refractivity contribution is 7.99. The van der Waals surface area contributed by atoms with E-state index in [4.69, 9.17) is 21.4 Å². The molecule has 0 aromatic heterocycles. The zero-order valence-electron chi connectivity index (χ0n) is 10.9. The molecule has 0 spiro atoms. The van der Waals surface area contributed by atoms with E-state index in [9.17, 15) is 9.18 Å². The van der Waals surface area contributed by atoms with Crippen LogP contribution in [0, 0.1) is 5.82 Å². The highest BCUT2D eigenvalue weighted by atomic mass is 35.5. The molecule has 0 aliphatic rings. The lowest BCUT2D eigenvalue weighted by atomic mass is 10.2. The molecule has 0 amide bonds. The highest BCUT2D eigenvalue weighted by Gasteiger charge is 2.11. The summed E-state index contributed by atoms with van der Waals surface area (Å²) >= 11 is 7.13. The lowest BCUT2D eigenvalue weighted by Crippen LogP contribution is -2.06. The first-order chi connectivity index (χ1) is 10.1. The second kappa shape index (κ2) is 7.33. The monoisotopic (exact) mass is 326 g/mol. The smallest absolute Gasteiger partial charge is 0.339 e. The number of ether oxygens (including phenoxy) is 1. The van der Waals surface area contributed by atoms with Gasteiger partial charge in [-0.3, -0.25) is 0 Å². The van der Waals surface area contributed by atoms with Crippen molar-refractivity contribution < 1.29 is 19.0 Å². The van der Waals surface area contributed by atoms with E-state index in [1.165, 1.54) is 36.0 Å². The quantitative estimate of drug-likeness (QED) is 0.633. The summed E-state index contributed by atoms with van der Waals surface area (Å²) in [5, 5.41) is 9.45. The van der Waals surface area contributed by atoms with Gasteiger partial charge in [-0.1, -0.05) is 23.7 Å². The Bertz CT molecular complexity index is 649. The average Bonchev–Trinajstić information content (AvgIpc) is 2.45. The number of aromatic carboxylic acids is 1. The van der Waals surface area contributed by atoms with Gasteiger partial charge in [0.25, 0.3) is 0 Å². The molecule has 0 fully saturated rings. The van der Waals surface area contributed by atoms with Crippen molar-refractivity contribution in [2.24, 2.45) is 0 Å². The van der Waals surface area contributed by atoms with Gasteiger partial charge in [0, 0.05) is 15.7 Å². The van der Waals surface area contributed by atoms with E-state index in [0.29, 0.717) is 15.7 Å². The summed E-state index contributed by atoms with van der Waals surface area (Å²) in [5.41, 5.74) is 0.0512. The highest BCUT2D eigenvalue weighted by Crippen LogP contribution is 2.25. The summed E-state index contributed by atoms with van der Waals surface area (Å²) in [6.45, 7) is 0.250. The molecule has 0 atom stereocenters. The van der Waals surface area contributed by atoms with Crippen LogP contribution >= 0.6 is 23.4 Å². The third-order valence-corrected chi connectivity index (χ3v) is 3.86. The third kappa shape index (κ3) is 4.37. The first kappa shape index (κ1) is 15.7. The molecule has 0 heterocycles. The first-order valence-corrected chi connectivity index (χ1v) is 7.47. The van der Waals surface area contributed by atoms with Gasteiger partial charge in [-0.2, -0.15) is 0 Å². The molecule has 0 unspecified atom stereocenters. The fourth-order valence-electron chi connectivity index (χ4n) is 1.66. The molecule has 0 aliphatic carbocycles. The third-order valence-electron chi connectivity index (χ3n) is 2.61. The van der Waals surface area contributed by atoms with E-state index in [-0.39, 0.29) is 23.7 Å². The largest absolute Gasteiger partial charge is 0.492 e. The molecule has 2 rings (SSSR count). The SMILES string of the molecule is O=C(O)c1ccc(Cl)cc1OCCSc1ccccc1F. The van der Waals surface area contributed by atoms with Gasteiger partial charge in [0.2, 0.25) is 0 Å². The summed E-state index contributed by atoms with van der Waals surface area (Å²) in [6.07, 6.45) is 0. The van der Waals surface area contributed by atoms with Crippen LogP contribution in [0.4, 0.5) is 4.39 Å². The maximum Gasteiger partial charge on any atom is 0.339 e. The van der Waals surface area contributed by atoms with Gasteiger partial charge >= 0.3 is 5.97 Å². The molecule has 0 saturated carbocycles. The standard InChI is InChI=1S/C15H12ClFO3S/c16-10-5-6-11(15(18)19)13(9-10)20-7-8-21-14-4-2-1-3-12(14)17/h1-6,9H,7-8H2,(H,18,19). The van der Waals surface area contributed by atoms with Crippen molar-refractivity contribution in [1.82, 2.24) is 0 Å². The number of halogens is 2. The fraction of sp³-hybridized carbons (Fsp3) is 0.133. The van der Waals surface area contributed by atoms with Crippen LogP contribution in [0.5, 0.6) is 5.75 Å². The first-order valence-electron chi connectivity index (χ1n) is 6.11. The molecule has 110 valence electrons. The van der Waals surface area contributed by atoms with Crippen LogP contribution in [0.2, 0.25) is 5.02 Å². The summed E-state index contributed by atoms with van der Waals surface area (Å²) in [6, 6.07) is 10.8. The second-order valence-corrected chi connectivity index (χ2v) is 5.65. The lowest BCUT2D eigenvalue weighted by molar-refractivity contribution is 0.0692. The van der Waals surface area contributed by atoms with Crippen molar-refractivity contribution >= 4 is 29.3 Å². The van der Waals surface area contributed by atoms with Gasteiger partial charge in [0.1, 0.15) is 17.1 Å². The maximum atomic E-state index is 13.4. The zero-order chi connectivity index (χ0) is 15.2. The van der Waals surface area contributed by atoms with E-state index < -0.39 is 5.97 Å². The van der Waals surface area contributed by atoms with E-state index >= 15 is 0 Å². The number of carboxylic acids is 1. The Morgan fingerprint density at radius 1 is 1.29 bits per heavy atom. The van der Waals surface area contributed by atoms with Crippen LogP contribution in [-0.4, -0.2) is 23.4 Å². The number of rotatable bonds is 6. The molecule has 0 bridgehead atoms. The lowest BCUT2D eigenvalue weighted by Gasteiger charge is -2.09. The van der Waals surface area contributed by atoms with Crippen LogP contribution in [0.25, 0.3) is 0 Å². The molecule has 0 radical (unpaired) electrons. The number of carbonyl (C=O) groups is 1. The number of thioether (sulfide) groups is 1. The molecular formula is C15H12ClFO3S. The van der Waals surface area contributed by atoms with Crippen molar-refractivity contribution in [3.8, 4) is 5.75 Å².